The number of rotatable bonds is 8. The molecule has 3 rings (SSSR count). The third-order valence-electron chi connectivity index (χ3n) is 4.84. The van der Waals surface area contributed by atoms with Crippen LogP contribution in [-0.4, -0.2) is 40.2 Å². The Morgan fingerprint density at radius 1 is 1.00 bits per heavy atom. The van der Waals surface area contributed by atoms with E-state index in [0.717, 1.165) is 41.5 Å². The Morgan fingerprint density at radius 3 is 2.37 bits per heavy atom. The van der Waals surface area contributed by atoms with Gasteiger partial charge in [-0.2, -0.15) is 0 Å². The first-order valence-electron chi connectivity index (χ1n) is 10.1. The average molecular weight is 426 g/mol. The molecule has 1 aromatic heterocycles. The van der Waals surface area contributed by atoms with Gasteiger partial charge in [0.15, 0.2) is 5.16 Å². The number of hydrazine groups is 1. The second-order valence-electron chi connectivity index (χ2n) is 6.64. The fraction of sp³-hybridized carbons (Fsp3) is 0.318. The van der Waals surface area contributed by atoms with Crippen molar-refractivity contribution in [3.05, 3.63) is 54.1 Å². The zero-order chi connectivity index (χ0) is 21.5. The van der Waals surface area contributed by atoms with Gasteiger partial charge in [0.1, 0.15) is 0 Å². The first-order chi connectivity index (χ1) is 14.6. The van der Waals surface area contributed by atoms with Crippen LogP contribution in [0.2, 0.25) is 0 Å². The minimum Gasteiger partial charge on any atom is -0.372 e. The number of aryl methyl sites for hydroxylation is 1. The van der Waals surface area contributed by atoms with Gasteiger partial charge in [0.25, 0.3) is 5.91 Å². The molecule has 0 aliphatic carbocycles. The van der Waals surface area contributed by atoms with Crippen LogP contribution in [0.25, 0.3) is 11.0 Å². The third kappa shape index (κ3) is 4.94. The molecule has 0 bridgehead atoms. The number of imidazole rings is 1. The summed E-state index contributed by atoms with van der Waals surface area (Å²) >= 11 is 1.35. The highest BCUT2D eigenvalue weighted by molar-refractivity contribution is 7.99. The molecule has 0 saturated heterocycles. The van der Waals surface area contributed by atoms with E-state index in [4.69, 9.17) is 0 Å². The summed E-state index contributed by atoms with van der Waals surface area (Å²) in [7, 11) is 0. The zero-order valence-corrected chi connectivity index (χ0v) is 18.3. The Balaban J connectivity index is 1.53. The molecule has 0 spiro atoms. The van der Waals surface area contributed by atoms with Gasteiger partial charge in [-0.05, 0) is 57.2 Å². The Bertz CT molecular complexity index is 1010. The number of hydrogen-bond donors (Lipinski definition) is 2. The summed E-state index contributed by atoms with van der Waals surface area (Å²) in [6.07, 6.45) is 0. The number of para-hydroxylation sites is 2. The van der Waals surface area contributed by atoms with Gasteiger partial charge >= 0.3 is 0 Å². The molecule has 2 amide bonds. The maximum absolute atomic E-state index is 12.3. The molecule has 1 heterocycles. The van der Waals surface area contributed by atoms with Gasteiger partial charge in [-0.15, -0.1) is 0 Å². The number of nitrogens with one attached hydrogen (secondary N) is 2. The molecule has 158 valence electrons. The topological polar surface area (TPSA) is 79.3 Å². The molecule has 0 atom stereocenters. The number of carbonyl (C=O) groups excluding carboxylic acids is 2. The molecular weight excluding hydrogens is 398 g/mol. The highest BCUT2D eigenvalue weighted by Gasteiger charge is 2.13. The summed E-state index contributed by atoms with van der Waals surface area (Å²) in [6, 6.07) is 15.2. The number of benzene rings is 2. The molecule has 0 aliphatic rings. The number of anilines is 1. The first-order valence-corrected chi connectivity index (χ1v) is 11.1. The van der Waals surface area contributed by atoms with Crippen molar-refractivity contribution in [2.45, 2.75) is 32.5 Å². The number of thioether (sulfide) groups is 1. The Hall–Kier alpha value is -3.00. The zero-order valence-electron chi connectivity index (χ0n) is 17.5. The van der Waals surface area contributed by atoms with Crippen LogP contribution in [0.3, 0.4) is 0 Å². The summed E-state index contributed by atoms with van der Waals surface area (Å²) in [6.45, 7) is 8.80. The molecule has 2 N–H and O–H groups in total. The molecule has 0 fully saturated rings. The highest BCUT2D eigenvalue weighted by Crippen LogP contribution is 2.23. The SMILES string of the molecule is CCN(CC)c1ccc(C(=O)NNC(=O)CSc2nc3ccccc3n2CC)cc1. The van der Waals surface area contributed by atoms with Crippen LogP contribution in [-0.2, 0) is 11.3 Å². The predicted molar refractivity (Wildman–Crippen MR) is 122 cm³/mol. The quantitative estimate of drug-likeness (QED) is 0.427. The Kier molecular flexibility index (Phi) is 7.35. The molecule has 2 aromatic carbocycles. The van der Waals surface area contributed by atoms with Gasteiger partial charge in [-0.25, -0.2) is 4.98 Å². The van der Waals surface area contributed by atoms with E-state index in [1.165, 1.54) is 11.8 Å². The van der Waals surface area contributed by atoms with Gasteiger partial charge in [-0.3, -0.25) is 20.4 Å². The molecule has 7 nitrogen and oxygen atoms in total. The van der Waals surface area contributed by atoms with E-state index < -0.39 is 0 Å². The summed E-state index contributed by atoms with van der Waals surface area (Å²) in [5.41, 5.74) is 8.46. The summed E-state index contributed by atoms with van der Waals surface area (Å²) in [5, 5.41) is 0.784. The maximum Gasteiger partial charge on any atom is 0.269 e. The number of hydrogen-bond acceptors (Lipinski definition) is 5. The standard InChI is InChI=1S/C22H27N5O2S/c1-4-26(5-2)17-13-11-16(12-14-17)21(29)25-24-20(28)15-30-22-23-18-9-7-8-10-19(18)27(22)6-3/h7-14H,4-6,15H2,1-3H3,(H,24,28)(H,25,29). The lowest BCUT2D eigenvalue weighted by molar-refractivity contribution is -0.119. The molecule has 0 saturated carbocycles. The number of aromatic nitrogens is 2. The Morgan fingerprint density at radius 2 is 1.70 bits per heavy atom. The van der Waals surface area contributed by atoms with Gasteiger partial charge in [-0.1, -0.05) is 23.9 Å². The van der Waals surface area contributed by atoms with Crippen molar-refractivity contribution < 1.29 is 9.59 Å². The van der Waals surface area contributed by atoms with Crippen LogP contribution in [0.5, 0.6) is 0 Å². The first kappa shape index (κ1) is 21.7. The van der Waals surface area contributed by atoms with Gasteiger partial charge < -0.3 is 9.47 Å². The van der Waals surface area contributed by atoms with Gasteiger partial charge in [0.2, 0.25) is 5.91 Å². The third-order valence-corrected chi connectivity index (χ3v) is 5.82. The molecule has 0 aliphatic heterocycles. The van der Waals surface area contributed by atoms with Crippen LogP contribution in [0, 0.1) is 0 Å². The summed E-state index contributed by atoms with van der Waals surface area (Å²) in [4.78, 5) is 31.3. The smallest absolute Gasteiger partial charge is 0.269 e. The van der Waals surface area contributed by atoms with Crippen molar-refractivity contribution in [1.82, 2.24) is 20.4 Å². The minimum atomic E-state index is -0.347. The van der Waals surface area contributed by atoms with Crippen LogP contribution >= 0.6 is 11.8 Å². The lowest BCUT2D eigenvalue weighted by Crippen LogP contribution is -2.42. The van der Waals surface area contributed by atoms with E-state index in [2.05, 4.69) is 39.2 Å². The molecule has 30 heavy (non-hydrogen) atoms. The molecule has 0 radical (unpaired) electrons. The average Bonchev–Trinajstić information content (AvgIpc) is 3.14. The van der Waals surface area contributed by atoms with Crippen molar-refractivity contribution in [3.8, 4) is 0 Å². The molecule has 8 heteroatoms. The van der Waals surface area contributed by atoms with Gasteiger partial charge in [0, 0.05) is 30.9 Å². The van der Waals surface area contributed by atoms with Crippen molar-refractivity contribution in [2.75, 3.05) is 23.7 Å². The fourth-order valence-corrected chi connectivity index (χ4v) is 4.12. The van der Waals surface area contributed by atoms with Crippen LogP contribution in [0.4, 0.5) is 5.69 Å². The van der Waals surface area contributed by atoms with E-state index in [1.54, 1.807) is 12.1 Å². The number of carbonyl (C=O) groups is 2. The summed E-state index contributed by atoms with van der Waals surface area (Å²) < 4.78 is 2.07. The second kappa shape index (κ2) is 10.2. The second-order valence-corrected chi connectivity index (χ2v) is 7.58. The monoisotopic (exact) mass is 425 g/mol. The molecule has 0 unspecified atom stereocenters. The van der Waals surface area contributed by atoms with E-state index >= 15 is 0 Å². The highest BCUT2D eigenvalue weighted by atomic mass is 32.2. The largest absolute Gasteiger partial charge is 0.372 e. The van der Waals surface area contributed by atoms with Crippen molar-refractivity contribution in [1.29, 1.82) is 0 Å². The number of fused-ring (bicyclic) bond motifs is 1. The lowest BCUT2D eigenvalue weighted by atomic mass is 10.2. The van der Waals surface area contributed by atoms with E-state index in [9.17, 15) is 9.59 Å². The predicted octanol–water partition coefficient (Wildman–Crippen LogP) is 3.46. The van der Waals surface area contributed by atoms with Crippen molar-refractivity contribution in [2.24, 2.45) is 0 Å². The van der Waals surface area contributed by atoms with Crippen molar-refractivity contribution >= 4 is 40.3 Å². The lowest BCUT2D eigenvalue weighted by Gasteiger charge is -2.21. The fourth-order valence-electron chi connectivity index (χ4n) is 3.25. The van der Waals surface area contributed by atoms with E-state index in [0.29, 0.717) is 5.56 Å². The van der Waals surface area contributed by atoms with Crippen LogP contribution < -0.4 is 15.8 Å². The molecule has 3 aromatic rings. The Labute approximate surface area is 180 Å². The number of amides is 2. The maximum atomic E-state index is 12.3. The van der Waals surface area contributed by atoms with E-state index in [-0.39, 0.29) is 17.6 Å². The van der Waals surface area contributed by atoms with Gasteiger partial charge in [0.05, 0.1) is 16.8 Å². The minimum absolute atomic E-state index is 0.157. The summed E-state index contributed by atoms with van der Waals surface area (Å²) in [5.74, 6) is -0.479. The van der Waals surface area contributed by atoms with E-state index in [1.807, 2.05) is 43.3 Å². The number of nitrogens with zero attached hydrogens (tertiary/aromatic N) is 3. The molecular formula is C22H27N5O2S. The van der Waals surface area contributed by atoms with Crippen LogP contribution in [0.1, 0.15) is 31.1 Å². The van der Waals surface area contributed by atoms with Crippen LogP contribution in [0.15, 0.2) is 53.7 Å². The van der Waals surface area contributed by atoms with Crippen molar-refractivity contribution in [3.63, 3.8) is 0 Å². The normalized spacial score (nSPS) is 10.8.